The van der Waals surface area contributed by atoms with Crippen LogP contribution in [0.4, 0.5) is 0 Å². The van der Waals surface area contributed by atoms with E-state index in [-0.39, 0.29) is 11.7 Å². The van der Waals surface area contributed by atoms with Crippen LogP contribution in [0.15, 0.2) is 48.8 Å². The molecule has 2 heterocycles. The minimum atomic E-state index is -0.439. The molecule has 9 heteroatoms. The minimum absolute atomic E-state index is 0.162. The first-order valence-corrected chi connectivity index (χ1v) is 11.5. The van der Waals surface area contributed by atoms with Crippen LogP contribution in [0.3, 0.4) is 0 Å². The molecule has 0 bridgehead atoms. The van der Waals surface area contributed by atoms with Crippen LogP contribution < -0.4 is 9.47 Å². The lowest BCUT2D eigenvalue weighted by Gasteiger charge is -2.09. The van der Waals surface area contributed by atoms with Crippen molar-refractivity contribution in [1.29, 1.82) is 0 Å². The number of Topliss-reactive ketones (excluding diaryl/α,β-unsaturated/α-hetero) is 1. The number of hydrogen-bond donors (Lipinski definition) is 0. The number of hydrogen-bond acceptors (Lipinski definition) is 8. The van der Waals surface area contributed by atoms with Gasteiger partial charge in [-0.3, -0.25) is 0 Å². The first-order valence-electron chi connectivity index (χ1n) is 10.3. The quantitative estimate of drug-likeness (QED) is 0.299. The second-order valence-corrected chi connectivity index (χ2v) is 8.58. The van der Waals surface area contributed by atoms with Crippen molar-refractivity contribution in [3.05, 3.63) is 64.3 Å². The zero-order valence-electron chi connectivity index (χ0n) is 18.4. The molecule has 0 N–H and O–H groups in total. The molecule has 172 valence electrons. The third kappa shape index (κ3) is 7.40. The SMILES string of the molecule is CCOC(=O)c1cnc(Oc2ccc(Oc3ccc(/C=C/[C@H](C)CC(C)=O)cn3)c(Cl)c2)s1. The molecule has 0 fully saturated rings. The lowest BCUT2D eigenvalue weighted by atomic mass is 10.0. The van der Waals surface area contributed by atoms with E-state index in [2.05, 4.69) is 9.97 Å². The van der Waals surface area contributed by atoms with Gasteiger partial charge >= 0.3 is 5.97 Å². The number of esters is 1. The molecule has 0 aliphatic carbocycles. The lowest BCUT2D eigenvalue weighted by Crippen LogP contribution is -2.01. The van der Waals surface area contributed by atoms with Gasteiger partial charge in [0.2, 0.25) is 5.88 Å². The fourth-order valence-electron chi connectivity index (χ4n) is 2.79. The number of benzene rings is 1. The molecule has 0 aliphatic rings. The maximum atomic E-state index is 11.7. The topological polar surface area (TPSA) is 87.6 Å². The van der Waals surface area contributed by atoms with Gasteiger partial charge in [-0.2, -0.15) is 0 Å². The van der Waals surface area contributed by atoms with E-state index in [4.69, 9.17) is 25.8 Å². The van der Waals surface area contributed by atoms with Crippen molar-refractivity contribution in [2.45, 2.75) is 27.2 Å². The van der Waals surface area contributed by atoms with Crippen molar-refractivity contribution in [3.8, 4) is 22.6 Å². The van der Waals surface area contributed by atoms with Crippen molar-refractivity contribution in [1.82, 2.24) is 9.97 Å². The molecule has 0 unspecified atom stereocenters. The van der Waals surface area contributed by atoms with Gasteiger partial charge in [0, 0.05) is 24.8 Å². The normalized spacial score (nSPS) is 11.9. The highest BCUT2D eigenvalue weighted by Crippen LogP contribution is 2.34. The van der Waals surface area contributed by atoms with Crippen molar-refractivity contribution in [2.24, 2.45) is 5.92 Å². The first-order chi connectivity index (χ1) is 15.8. The summed E-state index contributed by atoms with van der Waals surface area (Å²) in [7, 11) is 0. The average Bonchev–Trinajstić information content (AvgIpc) is 3.23. The summed E-state index contributed by atoms with van der Waals surface area (Å²) < 4.78 is 16.4. The highest BCUT2D eigenvalue weighted by atomic mass is 35.5. The standard InChI is InChI=1S/C24H23ClN2O5S/c1-4-30-23(29)21-14-27-24(33-21)31-18-8-9-20(19(25)12-18)32-22-10-7-17(13-26-22)6-5-15(2)11-16(3)28/h5-10,12-15H,4,11H2,1-3H3/b6-5+/t15-/m0/s1. The Bertz CT molecular complexity index is 1140. The number of rotatable bonds is 10. The minimum Gasteiger partial charge on any atom is -0.462 e. The van der Waals surface area contributed by atoms with Gasteiger partial charge in [0.05, 0.1) is 17.8 Å². The molecule has 0 radical (unpaired) electrons. The molecule has 1 aromatic carbocycles. The van der Waals surface area contributed by atoms with Gasteiger partial charge in [-0.1, -0.05) is 42.0 Å². The molecule has 2 aromatic heterocycles. The third-order valence-corrected chi connectivity index (χ3v) is 5.42. The molecule has 3 aromatic rings. The largest absolute Gasteiger partial charge is 0.462 e. The highest BCUT2D eigenvalue weighted by Gasteiger charge is 2.14. The Balaban J connectivity index is 1.60. The van der Waals surface area contributed by atoms with E-state index in [1.54, 1.807) is 44.3 Å². The number of ketones is 1. The Kier molecular flexibility index (Phi) is 8.57. The molecule has 0 aliphatic heterocycles. The number of allylic oxidation sites excluding steroid dienone is 1. The van der Waals surface area contributed by atoms with E-state index in [0.29, 0.717) is 45.5 Å². The summed E-state index contributed by atoms with van der Waals surface area (Å²) in [6.45, 7) is 5.61. The van der Waals surface area contributed by atoms with Gasteiger partial charge in [-0.05, 0) is 43.5 Å². The van der Waals surface area contributed by atoms with E-state index in [9.17, 15) is 9.59 Å². The van der Waals surface area contributed by atoms with Crippen molar-refractivity contribution in [2.75, 3.05) is 6.61 Å². The molecular formula is C24H23ClN2O5S. The van der Waals surface area contributed by atoms with Gasteiger partial charge in [-0.25, -0.2) is 14.8 Å². The maximum Gasteiger partial charge on any atom is 0.350 e. The molecule has 0 saturated carbocycles. The van der Waals surface area contributed by atoms with Crippen LogP contribution >= 0.6 is 22.9 Å². The summed E-state index contributed by atoms with van der Waals surface area (Å²) in [5, 5.41) is 0.629. The first kappa shape index (κ1) is 24.4. The van der Waals surface area contributed by atoms with E-state index in [0.717, 1.165) is 16.9 Å². The smallest absolute Gasteiger partial charge is 0.350 e. The third-order valence-electron chi connectivity index (χ3n) is 4.27. The fraction of sp³-hybridized carbons (Fsp3) is 0.250. The predicted molar refractivity (Wildman–Crippen MR) is 127 cm³/mol. The Labute approximate surface area is 201 Å². The average molecular weight is 487 g/mol. The summed E-state index contributed by atoms with van der Waals surface area (Å²) in [6.07, 6.45) is 7.51. The lowest BCUT2D eigenvalue weighted by molar-refractivity contribution is -0.117. The molecule has 0 amide bonds. The number of carbonyl (C=O) groups excluding carboxylic acids is 2. The van der Waals surface area contributed by atoms with Gasteiger partial charge in [0.25, 0.3) is 5.19 Å². The molecular weight excluding hydrogens is 464 g/mol. The van der Waals surface area contributed by atoms with Crippen molar-refractivity contribution >= 4 is 40.8 Å². The number of thiazole rings is 1. The summed E-state index contributed by atoms with van der Waals surface area (Å²) in [4.78, 5) is 31.6. The molecule has 0 saturated heterocycles. The van der Waals surface area contributed by atoms with E-state index in [1.165, 1.54) is 6.20 Å². The fourth-order valence-corrected chi connectivity index (χ4v) is 3.68. The van der Waals surface area contributed by atoms with E-state index >= 15 is 0 Å². The number of aromatic nitrogens is 2. The van der Waals surface area contributed by atoms with Crippen LogP contribution in [-0.2, 0) is 9.53 Å². The number of halogens is 1. The van der Waals surface area contributed by atoms with Gasteiger partial charge in [-0.15, -0.1) is 0 Å². The molecule has 1 atom stereocenters. The van der Waals surface area contributed by atoms with Crippen molar-refractivity contribution in [3.63, 3.8) is 0 Å². The number of ether oxygens (including phenoxy) is 3. The van der Waals surface area contributed by atoms with Crippen LogP contribution in [0.25, 0.3) is 6.08 Å². The zero-order chi connectivity index (χ0) is 23.8. The number of pyridine rings is 1. The van der Waals surface area contributed by atoms with Crippen LogP contribution in [0.2, 0.25) is 5.02 Å². The monoisotopic (exact) mass is 486 g/mol. The Morgan fingerprint density at radius 3 is 2.64 bits per heavy atom. The Morgan fingerprint density at radius 1 is 1.15 bits per heavy atom. The zero-order valence-corrected chi connectivity index (χ0v) is 20.0. The summed E-state index contributed by atoms with van der Waals surface area (Å²) in [6, 6.07) is 8.54. The number of carbonyl (C=O) groups is 2. The predicted octanol–water partition coefficient (Wildman–Crippen LogP) is 6.58. The van der Waals surface area contributed by atoms with Crippen LogP contribution in [0.1, 0.15) is 42.4 Å². The van der Waals surface area contributed by atoms with Gasteiger partial charge < -0.3 is 19.0 Å². The molecule has 33 heavy (non-hydrogen) atoms. The summed E-state index contributed by atoms with van der Waals surface area (Å²) in [5.74, 6) is 1.14. The van der Waals surface area contributed by atoms with Crippen molar-refractivity contribution < 1.29 is 23.8 Å². The van der Waals surface area contributed by atoms with Gasteiger partial charge in [0.15, 0.2) is 0 Å². The van der Waals surface area contributed by atoms with E-state index in [1.807, 2.05) is 25.1 Å². The summed E-state index contributed by atoms with van der Waals surface area (Å²) >= 11 is 7.42. The van der Waals surface area contributed by atoms with Crippen LogP contribution in [0, 0.1) is 5.92 Å². The second-order valence-electron chi connectivity index (χ2n) is 7.18. The Hall–Kier alpha value is -3.23. The highest BCUT2D eigenvalue weighted by molar-refractivity contribution is 7.15. The van der Waals surface area contributed by atoms with Crippen LogP contribution in [-0.4, -0.2) is 28.3 Å². The van der Waals surface area contributed by atoms with Gasteiger partial charge in [0.1, 0.15) is 22.2 Å². The molecule has 0 spiro atoms. The summed E-state index contributed by atoms with van der Waals surface area (Å²) in [5.41, 5.74) is 0.901. The number of nitrogens with zero attached hydrogens (tertiary/aromatic N) is 2. The van der Waals surface area contributed by atoms with E-state index < -0.39 is 5.97 Å². The second kappa shape index (κ2) is 11.6. The molecule has 3 rings (SSSR count). The van der Waals surface area contributed by atoms with Crippen LogP contribution in [0.5, 0.6) is 22.6 Å². The maximum absolute atomic E-state index is 11.7. The molecule has 7 nitrogen and oxygen atoms in total. The Morgan fingerprint density at radius 2 is 1.97 bits per heavy atom.